The van der Waals surface area contributed by atoms with Gasteiger partial charge in [-0.2, -0.15) is 0 Å². The summed E-state index contributed by atoms with van der Waals surface area (Å²) in [6.45, 7) is 1.40. The van der Waals surface area contributed by atoms with Gasteiger partial charge in [0.15, 0.2) is 0 Å². The Morgan fingerprint density at radius 2 is 1.90 bits per heavy atom. The minimum Gasteiger partial charge on any atom is -0.481 e. The summed E-state index contributed by atoms with van der Waals surface area (Å²) in [4.78, 5) is 24.4. The zero-order valence-electron chi connectivity index (χ0n) is 11.3. The van der Waals surface area contributed by atoms with Gasteiger partial charge in [0.25, 0.3) is 0 Å². The Hall–Kier alpha value is -1.15. The number of aliphatic hydroxyl groups is 1. The van der Waals surface area contributed by atoms with Gasteiger partial charge in [0.05, 0.1) is 6.42 Å². The number of carboxylic acid groups (broad SMARTS) is 1. The first-order valence-electron chi connectivity index (χ1n) is 6.33. The molecule has 6 heteroatoms. The third kappa shape index (κ3) is 5.09. The molecule has 0 saturated heterocycles. The van der Waals surface area contributed by atoms with E-state index < -0.39 is 12.0 Å². The summed E-state index contributed by atoms with van der Waals surface area (Å²) < 4.78 is 1.04. The van der Waals surface area contributed by atoms with E-state index >= 15 is 0 Å². The normalized spacial score (nSPS) is 11.9. The summed E-state index contributed by atoms with van der Waals surface area (Å²) in [7, 11) is 0. The van der Waals surface area contributed by atoms with Crippen molar-refractivity contribution in [2.45, 2.75) is 32.2 Å². The van der Waals surface area contributed by atoms with Crippen LogP contribution in [0, 0.1) is 3.57 Å². The van der Waals surface area contributed by atoms with E-state index in [1.165, 1.54) is 11.8 Å². The molecular formula is C14H18INO4. The van der Waals surface area contributed by atoms with Crippen LogP contribution in [0.15, 0.2) is 24.3 Å². The molecule has 1 aromatic carbocycles. The maximum Gasteiger partial charge on any atom is 0.305 e. The number of benzene rings is 1. The lowest BCUT2D eigenvalue weighted by molar-refractivity contribution is -0.137. The summed E-state index contributed by atoms with van der Waals surface area (Å²) in [5.74, 6) is -1.15. The second kappa shape index (κ2) is 8.21. The van der Waals surface area contributed by atoms with Crippen molar-refractivity contribution in [1.82, 2.24) is 0 Å². The quantitative estimate of drug-likeness (QED) is 0.700. The van der Waals surface area contributed by atoms with E-state index in [4.69, 9.17) is 10.2 Å². The van der Waals surface area contributed by atoms with Crippen molar-refractivity contribution >= 4 is 40.2 Å². The highest BCUT2D eigenvalue weighted by Gasteiger charge is 2.24. The molecule has 0 heterocycles. The van der Waals surface area contributed by atoms with E-state index in [-0.39, 0.29) is 18.9 Å². The molecule has 0 aliphatic rings. The van der Waals surface area contributed by atoms with E-state index in [0.717, 1.165) is 3.57 Å². The van der Waals surface area contributed by atoms with Gasteiger partial charge in [-0.3, -0.25) is 9.59 Å². The Balaban J connectivity index is 3.02. The van der Waals surface area contributed by atoms with Crippen molar-refractivity contribution in [2.24, 2.45) is 0 Å². The number of nitrogens with zero attached hydrogens (tertiary/aromatic N) is 1. The topological polar surface area (TPSA) is 77.8 Å². The molecule has 0 aromatic heterocycles. The smallest absolute Gasteiger partial charge is 0.305 e. The molecule has 5 nitrogen and oxygen atoms in total. The maximum absolute atomic E-state index is 11.9. The van der Waals surface area contributed by atoms with E-state index in [0.29, 0.717) is 18.5 Å². The van der Waals surface area contributed by atoms with Crippen molar-refractivity contribution in [3.63, 3.8) is 0 Å². The molecule has 1 atom stereocenters. The number of carbonyl (C=O) groups excluding carboxylic acids is 1. The summed E-state index contributed by atoms with van der Waals surface area (Å²) in [5, 5.41) is 17.9. The first-order valence-corrected chi connectivity index (χ1v) is 7.41. The van der Waals surface area contributed by atoms with Gasteiger partial charge in [-0.25, -0.2) is 0 Å². The number of carbonyl (C=O) groups is 2. The van der Waals surface area contributed by atoms with Crippen LogP contribution < -0.4 is 4.90 Å². The molecule has 0 spiro atoms. The van der Waals surface area contributed by atoms with Gasteiger partial charge in [0.2, 0.25) is 5.91 Å². The van der Waals surface area contributed by atoms with Crippen molar-refractivity contribution in [3.8, 4) is 0 Å². The number of aliphatic hydroxyl groups excluding tert-OH is 1. The lowest BCUT2D eigenvalue weighted by atomic mass is 10.0. The van der Waals surface area contributed by atoms with Crippen molar-refractivity contribution < 1.29 is 19.8 Å². The molecule has 0 aliphatic carbocycles. The van der Waals surface area contributed by atoms with Crippen molar-refractivity contribution in [2.75, 3.05) is 11.5 Å². The summed E-state index contributed by atoms with van der Waals surface area (Å²) >= 11 is 2.17. The minimum atomic E-state index is -0.954. The lowest BCUT2D eigenvalue weighted by Crippen LogP contribution is -2.40. The molecule has 1 amide bonds. The van der Waals surface area contributed by atoms with Crippen LogP contribution in [-0.4, -0.2) is 34.7 Å². The molecule has 0 aliphatic heterocycles. The summed E-state index contributed by atoms with van der Waals surface area (Å²) in [5.41, 5.74) is 0.683. The second-order valence-electron chi connectivity index (χ2n) is 4.48. The van der Waals surface area contributed by atoms with E-state index in [9.17, 15) is 9.59 Å². The molecule has 0 bridgehead atoms. The largest absolute Gasteiger partial charge is 0.481 e. The second-order valence-corrected chi connectivity index (χ2v) is 5.73. The molecule has 0 unspecified atom stereocenters. The molecule has 0 radical (unpaired) electrons. The number of rotatable bonds is 7. The molecule has 1 aromatic rings. The van der Waals surface area contributed by atoms with Gasteiger partial charge < -0.3 is 15.1 Å². The summed E-state index contributed by atoms with van der Waals surface area (Å²) in [6, 6.07) is 6.90. The van der Waals surface area contributed by atoms with Crippen LogP contribution in [0.4, 0.5) is 5.69 Å². The number of halogens is 1. The minimum absolute atomic E-state index is 0.0193. The predicted molar refractivity (Wildman–Crippen MR) is 84.7 cm³/mol. The van der Waals surface area contributed by atoms with Crippen molar-refractivity contribution in [3.05, 3.63) is 27.8 Å². The van der Waals surface area contributed by atoms with E-state index in [1.54, 1.807) is 12.1 Å². The predicted octanol–water partition coefficient (Wildman–Crippen LogP) is 2.26. The first-order chi connectivity index (χ1) is 9.45. The molecule has 1 rings (SSSR count). The fourth-order valence-corrected chi connectivity index (χ4v) is 2.46. The third-order valence-electron chi connectivity index (χ3n) is 2.91. The average molecular weight is 391 g/mol. The zero-order valence-corrected chi connectivity index (χ0v) is 13.4. The monoisotopic (exact) mass is 391 g/mol. The molecule has 0 saturated carbocycles. The SMILES string of the molecule is CC(=O)N(c1ccc(I)cc1)[C@@H](CCCO)CC(=O)O. The van der Waals surface area contributed by atoms with Gasteiger partial charge >= 0.3 is 5.97 Å². The average Bonchev–Trinajstić information content (AvgIpc) is 2.37. The maximum atomic E-state index is 11.9. The van der Waals surface area contributed by atoms with Crippen LogP contribution in [-0.2, 0) is 9.59 Å². The highest BCUT2D eigenvalue weighted by Crippen LogP contribution is 2.23. The fraction of sp³-hybridized carbons (Fsp3) is 0.429. The summed E-state index contributed by atoms with van der Waals surface area (Å²) in [6.07, 6.45) is 0.784. The van der Waals surface area contributed by atoms with Crippen LogP contribution in [0.5, 0.6) is 0 Å². The van der Waals surface area contributed by atoms with Crippen LogP contribution in [0.3, 0.4) is 0 Å². The number of hydrogen-bond acceptors (Lipinski definition) is 3. The molecule has 2 N–H and O–H groups in total. The Morgan fingerprint density at radius 1 is 1.30 bits per heavy atom. The van der Waals surface area contributed by atoms with E-state index in [2.05, 4.69) is 22.6 Å². The van der Waals surface area contributed by atoms with Crippen LogP contribution in [0.25, 0.3) is 0 Å². The highest BCUT2D eigenvalue weighted by molar-refractivity contribution is 14.1. The van der Waals surface area contributed by atoms with Crippen molar-refractivity contribution in [1.29, 1.82) is 0 Å². The van der Waals surface area contributed by atoms with Gasteiger partial charge in [0.1, 0.15) is 0 Å². The standard InChI is InChI=1S/C14H18INO4/c1-10(18)16(12-6-4-11(15)5-7-12)13(3-2-8-17)9-14(19)20/h4-7,13,17H,2-3,8-9H2,1H3,(H,19,20)/t13-/m0/s1. The highest BCUT2D eigenvalue weighted by atomic mass is 127. The number of carboxylic acids is 1. The first kappa shape index (κ1) is 16.9. The Kier molecular flexibility index (Phi) is 6.94. The van der Waals surface area contributed by atoms with Gasteiger partial charge in [-0.15, -0.1) is 0 Å². The van der Waals surface area contributed by atoms with Crippen LogP contribution in [0.2, 0.25) is 0 Å². The van der Waals surface area contributed by atoms with E-state index in [1.807, 2.05) is 12.1 Å². The molecule has 110 valence electrons. The Bertz CT molecular complexity index is 461. The lowest BCUT2D eigenvalue weighted by Gasteiger charge is -2.30. The molecular weight excluding hydrogens is 373 g/mol. The van der Waals surface area contributed by atoms with Gasteiger partial charge in [-0.1, -0.05) is 0 Å². The number of amides is 1. The van der Waals surface area contributed by atoms with Gasteiger partial charge in [0, 0.05) is 28.8 Å². The van der Waals surface area contributed by atoms with Crippen LogP contribution >= 0.6 is 22.6 Å². The third-order valence-corrected chi connectivity index (χ3v) is 3.63. The van der Waals surface area contributed by atoms with Crippen LogP contribution in [0.1, 0.15) is 26.2 Å². The van der Waals surface area contributed by atoms with Gasteiger partial charge in [-0.05, 0) is 59.7 Å². The Morgan fingerprint density at radius 3 is 2.35 bits per heavy atom. The number of aliphatic carboxylic acids is 1. The number of hydrogen-bond donors (Lipinski definition) is 2. The zero-order chi connectivity index (χ0) is 15.1. The number of anilines is 1. The Labute approximate surface area is 131 Å². The molecule has 0 fully saturated rings. The molecule has 20 heavy (non-hydrogen) atoms. The fourth-order valence-electron chi connectivity index (χ4n) is 2.10.